The third-order valence-corrected chi connectivity index (χ3v) is 11.6. The Morgan fingerprint density at radius 2 is 0.966 bits per heavy atom. The molecule has 5 heteroatoms. The molecule has 270 valence electrons. The number of rotatable bonds is 5. The largest absolute Gasteiger partial charge is 0.309 e. The molecule has 0 fully saturated rings. The van der Waals surface area contributed by atoms with Crippen molar-refractivity contribution >= 4 is 65.4 Å². The van der Waals surface area contributed by atoms with Crippen molar-refractivity contribution in [2.24, 2.45) is 0 Å². The number of hydrogen-bond donors (Lipinski definition) is 0. The molecule has 0 N–H and O–H groups in total. The van der Waals surface area contributed by atoms with Crippen LogP contribution in [-0.2, 0) is 0 Å². The van der Waals surface area contributed by atoms with E-state index >= 15 is 0 Å². The second-order valence-corrected chi connectivity index (χ2v) is 14.8. The highest BCUT2D eigenvalue weighted by Gasteiger charge is 2.20. The van der Waals surface area contributed by atoms with E-state index in [1.165, 1.54) is 43.7 Å². The molecular weight excluding hydrogens is 707 g/mol. The van der Waals surface area contributed by atoms with Gasteiger partial charge in [0.15, 0.2) is 0 Å². The maximum Gasteiger partial charge on any atom is 0.235 e. The molecule has 0 saturated carbocycles. The molecule has 58 heavy (non-hydrogen) atoms. The monoisotopic (exact) mass is 739 g/mol. The average Bonchev–Trinajstić information content (AvgIpc) is 3.82. The Morgan fingerprint density at radius 3 is 1.74 bits per heavy atom. The van der Waals surface area contributed by atoms with Gasteiger partial charge in [0.2, 0.25) is 5.95 Å². The number of aromatic nitrogens is 5. The molecule has 0 unspecified atom stereocenters. The van der Waals surface area contributed by atoms with Crippen LogP contribution < -0.4 is 0 Å². The summed E-state index contributed by atoms with van der Waals surface area (Å²) < 4.78 is 4.60. The molecular formula is C53H33N5. The Morgan fingerprint density at radius 1 is 0.362 bits per heavy atom. The first-order valence-corrected chi connectivity index (χ1v) is 19.6. The maximum atomic E-state index is 5.19. The van der Waals surface area contributed by atoms with Gasteiger partial charge in [-0.2, -0.15) is 0 Å². The zero-order valence-electron chi connectivity index (χ0n) is 31.3. The lowest BCUT2D eigenvalue weighted by Crippen LogP contribution is -2.04. The molecule has 12 rings (SSSR count). The fourth-order valence-electron chi connectivity index (χ4n) is 8.97. The second kappa shape index (κ2) is 12.8. The molecule has 0 bridgehead atoms. The minimum Gasteiger partial charge on any atom is -0.309 e. The first-order valence-electron chi connectivity index (χ1n) is 19.6. The molecule has 12 aromatic rings. The van der Waals surface area contributed by atoms with Crippen LogP contribution in [0.4, 0.5) is 0 Å². The van der Waals surface area contributed by atoms with E-state index in [0.717, 1.165) is 60.9 Å². The molecule has 0 aliphatic rings. The molecule has 0 aliphatic carbocycles. The van der Waals surface area contributed by atoms with Crippen LogP contribution in [0, 0.1) is 0 Å². The van der Waals surface area contributed by atoms with Crippen LogP contribution in [0.15, 0.2) is 200 Å². The van der Waals surface area contributed by atoms with Gasteiger partial charge >= 0.3 is 0 Å². The molecule has 0 saturated heterocycles. The smallest absolute Gasteiger partial charge is 0.235 e. The predicted octanol–water partition coefficient (Wildman–Crippen LogP) is 13.4. The highest BCUT2D eigenvalue weighted by atomic mass is 15.2. The summed E-state index contributed by atoms with van der Waals surface area (Å²) in [7, 11) is 0. The molecule has 5 nitrogen and oxygen atoms in total. The summed E-state index contributed by atoms with van der Waals surface area (Å²) in [5.74, 6) is 0.624. The molecule has 0 aliphatic heterocycles. The third-order valence-electron chi connectivity index (χ3n) is 11.6. The maximum absolute atomic E-state index is 5.19. The summed E-state index contributed by atoms with van der Waals surface area (Å²) in [5, 5.41) is 7.28. The first kappa shape index (κ1) is 32.4. The molecule has 0 atom stereocenters. The molecule has 4 heterocycles. The van der Waals surface area contributed by atoms with Crippen molar-refractivity contribution in [2.45, 2.75) is 0 Å². The summed E-state index contributed by atoms with van der Waals surface area (Å²) in [4.78, 5) is 15.0. The number of hydrogen-bond acceptors (Lipinski definition) is 3. The second-order valence-electron chi connectivity index (χ2n) is 14.8. The van der Waals surface area contributed by atoms with E-state index in [1.54, 1.807) is 6.20 Å². The standard InChI is InChI=1S/C53H33N5/c1-3-14-36(15-4-1)50-51-46(22-13-31-54-51)55-53(56-50)58-48-24-12-9-19-40(48)44-32-37(29-30-49(44)58)34-25-27-35(28-26-34)43-33-45-41-20-10-11-23-47(41)57(38-16-5-2-6-17-38)52(45)42-21-8-7-18-39(42)43/h1-33H. The predicted molar refractivity (Wildman–Crippen MR) is 240 cm³/mol. The Kier molecular flexibility index (Phi) is 7.16. The van der Waals surface area contributed by atoms with E-state index in [9.17, 15) is 0 Å². The van der Waals surface area contributed by atoms with Crippen LogP contribution in [0.25, 0.3) is 111 Å². The van der Waals surface area contributed by atoms with Gasteiger partial charge in [-0.1, -0.05) is 140 Å². The molecule has 8 aromatic carbocycles. The number of fused-ring (bicyclic) bond motifs is 9. The summed E-state index contributed by atoms with van der Waals surface area (Å²) in [6.45, 7) is 0. The van der Waals surface area contributed by atoms with Gasteiger partial charge in [0.1, 0.15) is 11.2 Å². The zero-order chi connectivity index (χ0) is 38.2. The lowest BCUT2D eigenvalue weighted by atomic mass is 9.93. The third kappa shape index (κ3) is 4.93. The Balaban J connectivity index is 0.994. The van der Waals surface area contributed by atoms with E-state index in [0.29, 0.717) is 5.95 Å². The lowest BCUT2D eigenvalue weighted by molar-refractivity contribution is 1.01. The number of nitrogens with zero attached hydrogens (tertiary/aromatic N) is 5. The van der Waals surface area contributed by atoms with Crippen molar-refractivity contribution in [3.63, 3.8) is 0 Å². The topological polar surface area (TPSA) is 48.5 Å². The van der Waals surface area contributed by atoms with Gasteiger partial charge in [-0.15, -0.1) is 0 Å². The highest BCUT2D eigenvalue weighted by Crippen LogP contribution is 2.42. The minimum absolute atomic E-state index is 0.624. The summed E-state index contributed by atoms with van der Waals surface area (Å²) in [6, 6.07) is 69.2. The quantitative estimate of drug-likeness (QED) is 0.177. The van der Waals surface area contributed by atoms with Crippen LogP contribution in [0.1, 0.15) is 0 Å². The van der Waals surface area contributed by atoms with Gasteiger partial charge in [0, 0.05) is 44.4 Å². The number of pyridine rings is 1. The Labute approximate surface area is 333 Å². The number of benzene rings is 8. The summed E-state index contributed by atoms with van der Waals surface area (Å²) in [5.41, 5.74) is 13.9. The van der Waals surface area contributed by atoms with Crippen molar-refractivity contribution < 1.29 is 0 Å². The minimum atomic E-state index is 0.624. The molecule has 0 spiro atoms. The first-order chi connectivity index (χ1) is 28.8. The summed E-state index contributed by atoms with van der Waals surface area (Å²) in [6.07, 6.45) is 1.80. The zero-order valence-corrected chi connectivity index (χ0v) is 31.3. The Hall–Kier alpha value is -7.89. The SMILES string of the molecule is c1ccc(-c2nc(-n3c4ccccc4c4cc(-c5ccc(-c6cc7c8ccccc8n(-c8ccccc8)c7c7ccccc67)cc5)ccc43)nc3cccnc23)cc1. The normalized spacial score (nSPS) is 11.8. The van der Waals surface area contributed by atoms with Crippen molar-refractivity contribution in [3.8, 4) is 45.1 Å². The van der Waals surface area contributed by atoms with Crippen molar-refractivity contribution in [2.75, 3.05) is 0 Å². The summed E-state index contributed by atoms with van der Waals surface area (Å²) >= 11 is 0. The highest BCUT2D eigenvalue weighted by molar-refractivity contribution is 6.22. The van der Waals surface area contributed by atoms with E-state index in [4.69, 9.17) is 15.0 Å². The van der Waals surface area contributed by atoms with Crippen LogP contribution in [0.3, 0.4) is 0 Å². The van der Waals surface area contributed by atoms with Crippen molar-refractivity contribution in [1.29, 1.82) is 0 Å². The van der Waals surface area contributed by atoms with Gasteiger partial charge in [0.25, 0.3) is 0 Å². The fourth-order valence-corrected chi connectivity index (χ4v) is 8.97. The van der Waals surface area contributed by atoms with Crippen LogP contribution >= 0.6 is 0 Å². The van der Waals surface area contributed by atoms with E-state index in [-0.39, 0.29) is 0 Å². The Bertz CT molecular complexity index is 3550. The van der Waals surface area contributed by atoms with Gasteiger partial charge in [0.05, 0.1) is 27.6 Å². The molecule has 0 radical (unpaired) electrons. The van der Waals surface area contributed by atoms with Gasteiger partial charge in [-0.3, -0.25) is 9.55 Å². The van der Waals surface area contributed by atoms with E-state index in [1.807, 2.05) is 30.3 Å². The van der Waals surface area contributed by atoms with E-state index in [2.05, 4.69) is 173 Å². The number of para-hydroxylation sites is 3. The fraction of sp³-hybridized carbons (Fsp3) is 0. The van der Waals surface area contributed by atoms with Gasteiger partial charge in [-0.25, -0.2) is 9.97 Å². The van der Waals surface area contributed by atoms with Crippen LogP contribution in [0.2, 0.25) is 0 Å². The van der Waals surface area contributed by atoms with Gasteiger partial charge in [-0.05, 0) is 82.2 Å². The van der Waals surface area contributed by atoms with Crippen molar-refractivity contribution in [3.05, 3.63) is 200 Å². The molecule has 0 amide bonds. The van der Waals surface area contributed by atoms with Crippen molar-refractivity contribution in [1.82, 2.24) is 24.1 Å². The van der Waals surface area contributed by atoms with Crippen LogP contribution in [0.5, 0.6) is 0 Å². The van der Waals surface area contributed by atoms with Gasteiger partial charge < -0.3 is 4.57 Å². The lowest BCUT2D eigenvalue weighted by Gasteiger charge is -2.13. The van der Waals surface area contributed by atoms with Crippen LogP contribution in [-0.4, -0.2) is 24.1 Å². The molecule has 4 aromatic heterocycles. The average molecular weight is 740 g/mol. The van der Waals surface area contributed by atoms with E-state index < -0.39 is 0 Å².